The second-order valence-corrected chi connectivity index (χ2v) is 8.11. The van der Waals surface area contributed by atoms with Crippen LogP contribution in [0, 0.1) is 0 Å². The number of benzene rings is 1. The van der Waals surface area contributed by atoms with Gasteiger partial charge in [0.1, 0.15) is 0 Å². The van der Waals surface area contributed by atoms with Gasteiger partial charge >= 0.3 is 0 Å². The number of hydrogen-bond acceptors (Lipinski definition) is 5. The van der Waals surface area contributed by atoms with Gasteiger partial charge in [0, 0.05) is 22.4 Å². The molecule has 0 radical (unpaired) electrons. The molecule has 0 aliphatic carbocycles. The molecule has 1 aliphatic heterocycles. The van der Waals surface area contributed by atoms with Crippen LogP contribution in [-0.2, 0) is 31.9 Å². The molecule has 1 saturated heterocycles. The van der Waals surface area contributed by atoms with Gasteiger partial charge in [-0.25, -0.2) is 4.98 Å². The zero-order chi connectivity index (χ0) is 17.2. The summed E-state index contributed by atoms with van der Waals surface area (Å²) < 4.78 is 45.6. The van der Waals surface area contributed by atoms with E-state index in [2.05, 4.69) is 20.9 Å². The summed E-state index contributed by atoms with van der Waals surface area (Å²) in [6, 6.07) is 7.57. The first-order chi connectivity index (χ1) is 11.4. The first kappa shape index (κ1) is 17.6. The van der Waals surface area contributed by atoms with Gasteiger partial charge in [-0.3, -0.25) is 4.55 Å². The van der Waals surface area contributed by atoms with Crippen molar-refractivity contribution in [2.24, 2.45) is 0 Å². The predicted molar refractivity (Wildman–Crippen MR) is 89.9 cm³/mol. The van der Waals surface area contributed by atoms with E-state index in [1.54, 1.807) is 18.7 Å². The predicted octanol–water partition coefficient (Wildman–Crippen LogP) is 2.19. The van der Waals surface area contributed by atoms with Crippen molar-refractivity contribution in [3.63, 3.8) is 0 Å². The molecule has 1 N–H and O–H groups in total. The molecule has 1 aromatic carbocycles. The van der Waals surface area contributed by atoms with Crippen LogP contribution in [0.5, 0.6) is 0 Å². The van der Waals surface area contributed by atoms with Gasteiger partial charge in [0.2, 0.25) is 5.79 Å². The minimum absolute atomic E-state index is 0.168. The summed E-state index contributed by atoms with van der Waals surface area (Å²) in [6.07, 6.45) is 4.89. The van der Waals surface area contributed by atoms with Gasteiger partial charge in [-0.2, -0.15) is 8.42 Å². The van der Waals surface area contributed by atoms with E-state index in [4.69, 9.17) is 14.0 Å². The van der Waals surface area contributed by atoms with E-state index in [0.29, 0.717) is 6.54 Å². The van der Waals surface area contributed by atoms with E-state index in [1.165, 1.54) is 0 Å². The molecule has 2 aromatic rings. The maximum Gasteiger partial charge on any atom is 0.264 e. The van der Waals surface area contributed by atoms with Gasteiger partial charge < -0.3 is 14.0 Å². The molecular weight excluding hydrogens is 400 g/mol. The lowest BCUT2D eigenvalue weighted by molar-refractivity contribution is -0.187. The van der Waals surface area contributed by atoms with Gasteiger partial charge in [0.05, 0.1) is 31.3 Å². The number of rotatable bonds is 6. The van der Waals surface area contributed by atoms with Crippen LogP contribution >= 0.6 is 15.9 Å². The Morgan fingerprint density at radius 2 is 2.12 bits per heavy atom. The molecule has 2 unspecified atom stereocenters. The Hall–Kier alpha value is -1.26. The van der Waals surface area contributed by atoms with Gasteiger partial charge in [0.25, 0.3) is 10.1 Å². The molecule has 24 heavy (non-hydrogen) atoms. The third-order valence-corrected chi connectivity index (χ3v) is 5.07. The highest BCUT2D eigenvalue weighted by Crippen LogP contribution is 2.37. The molecule has 1 aliphatic rings. The van der Waals surface area contributed by atoms with Crippen molar-refractivity contribution >= 4 is 26.0 Å². The highest BCUT2D eigenvalue weighted by atomic mass is 79.9. The molecule has 2 atom stereocenters. The normalized spacial score (nSPS) is 24.3. The average Bonchev–Trinajstić information content (AvgIpc) is 3.16. The van der Waals surface area contributed by atoms with Crippen LogP contribution in [-0.4, -0.2) is 41.0 Å². The summed E-state index contributed by atoms with van der Waals surface area (Å²) in [4.78, 5) is 4.02. The molecule has 0 saturated carbocycles. The van der Waals surface area contributed by atoms with Crippen molar-refractivity contribution < 1.29 is 22.4 Å². The molecule has 9 heteroatoms. The van der Waals surface area contributed by atoms with E-state index in [-0.39, 0.29) is 18.8 Å². The van der Waals surface area contributed by atoms with Crippen LogP contribution in [0.3, 0.4) is 0 Å². The minimum atomic E-state index is -4.03. The average molecular weight is 417 g/mol. The van der Waals surface area contributed by atoms with Crippen LogP contribution < -0.4 is 0 Å². The quantitative estimate of drug-likeness (QED) is 0.725. The van der Waals surface area contributed by atoms with Crippen LogP contribution in [0.25, 0.3) is 0 Å². The maximum atomic E-state index is 11.0. The molecule has 1 fully saturated rings. The number of hydrogen-bond donors (Lipinski definition) is 1. The van der Waals surface area contributed by atoms with Crippen molar-refractivity contribution in [2.75, 3.05) is 12.4 Å². The molecule has 130 valence electrons. The van der Waals surface area contributed by atoms with E-state index in [0.717, 1.165) is 10.0 Å². The van der Waals surface area contributed by atoms with Crippen LogP contribution in [0.15, 0.2) is 47.5 Å². The van der Waals surface area contributed by atoms with Gasteiger partial charge in [-0.1, -0.05) is 28.1 Å². The van der Waals surface area contributed by atoms with E-state index in [9.17, 15) is 8.42 Å². The molecule has 0 spiro atoms. The molecule has 7 nitrogen and oxygen atoms in total. The summed E-state index contributed by atoms with van der Waals surface area (Å²) in [5.74, 6) is -1.38. The zero-order valence-electron chi connectivity index (χ0n) is 12.7. The Morgan fingerprint density at radius 1 is 1.38 bits per heavy atom. The fourth-order valence-corrected chi connectivity index (χ4v) is 3.46. The summed E-state index contributed by atoms with van der Waals surface area (Å²) in [7, 11) is -4.03. The maximum absolute atomic E-state index is 11.0. The number of nitrogens with zero attached hydrogens (tertiary/aromatic N) is 2. The third-order valence-electron chi connectivity index (χ3n) is 3.79. The second kappa shape index (κ2) is 6.93. The van der Waals surface area contributed by atoms with Crippen molar-refractivity contribution in [3.05, 3.63) is 53.0 Å². The van der Waals surface area contributed by atoms with E-state index >= 15 is 0 Å². The van der Waals surface area contributed by atoms with Crippen LogP contribution in [0.2, 0.25) is 0 Å². The Bertz CT molecular complexity index is 779. The lowest BCUT2D eigenvalue weighted by atomic mass is 10.1. The van der Waals surface area contributed by atoms with Gasteiger partial charge in [-0.15, -0.1) is 0 Å². The van der Waals surface area contributed by atoms with Crippen LogP contribution in [0.1, 0.15) is 12.0 Å². The number of aromatic nitrogens is 2. The number of ether oxygens (including phenoxy) is 2. The highest BCUT2D eigenvalue weighted by Gasteiger charge is 2.43. The van der Waals surface area contributed by atoms with Crippen molar-refractivity contribution in [3.8, 4) is 0 Å². The topological polar surface area (TPSA) is 90.7 Å². The first-order valence-corrected chi connectivity index (χ1v) is 9.75. The van der Waals surface area contributed by atoms with E-state index < -0.39 is 22.0 Å². The fourth-order valence-electron chi connectivity index (χ4n) is 2.64. The SMILES string of the molecule is O=S(=O)(O)CCC1COC(Cn2ccnc2)(c2ccc(Br)cc2)O1. The summed E-state index contributed by atoms with van der Waals surface area (Å²) in [6.45, 7) is 0.636. The fraction of sp³-hybridized carbons (Fsp3) is 0.400. The molecule has 0 bridgehead atoms. The molecular formula is C15H17BrN2O5S. The van der Waals surface area contributed by atoms with E-state index in [1.807, 2.05) is 28.8 Å². The van der Waals surface area contributed by atoms with Crippen molar-refractivity contribution in [1.82, 2.24) is 9.55 Å². The van der Waals surface area contributed by atoms with Crippen LogP contribution in [0.4, 0.5) is 0 Å². The first-order valence-electron chi connectivity index (χ1n) is 7.35. The smallest absolute Gasteiger partial charge is 0.264 e. The standard InChI is InChI=1S/C15H17BrN2O5S/c16-13-3-1-12(2-4-13)15(10-18-7-6-17-11-18)22-9-14(23-15)5-8-24(19,20)21/h1-4,6-7,11,14H,5,8-10H2,(H,19,20,21). The van der Waals surface area contributed by atoms with Gasteiger partial charge in [0.15, 0.2) is 0 Å². The third kappa shape index (κ3) is 4.22. The molecule has 2 heterocycles. The Balaban J connectivity index is 1.82. The minimum Gasteiger partial charge on any atom is -0.342 e. The molecule has 1 aromatic heterocycles. The highest BCUT2D eigenvalue weighted by molar-refractivity contribution is 9.10. The number of imidazole rings is 1. The van der Waals surface area contributed by atoms with Crippen molar-refractivity contribution in [1.29, 1.82) is 0 Å². The Kier molecular flexibility index (Phi) is 5.07. The summed E-state index contributed by atoms with van der Waals surface area (Å²) in [5, 5.41) is 0. The lowest BCUT2D eigenvalue weighted by Gasteiger charge is -2.29. The van der Waals surface area contributed by atoms with Gasteiger partial charge in [-0.05, 0) is 18.6 Å². The summed E-state index contributed by atoms with van der Waals surface area (Å²) >= 11 is 3.40. The Labute approximate surface area is 148 Å². The van der Waals surface area contributed by atoms with Crippen molar-refractivity contribution in [2.45, 2.75) is 24.9 Å². The summed E-state index contributed by atoms with van der Waals surface area (Å²) in [5.41, 5.74) is 0.828. The largest absolute Gasteiger partial charge is 0.342 e. The lowest BCUT2D eigenvalue weighted by Crippen LogP contribution is -2.33. The zero-order valence-corrected chi connectivity index (χ0v) is 15.1. The Morgan fingerprint density at radius 3 is 2.75 bits per heavy atom. The second-order valence-electron chi connectivity index (χ2n) is 5.62. The molecule has 3 rings (SSSR count). The number of halogens is 1. The molecule has 0 amide bonds. The monoisotopic (exact) mass is 416 g/mol.